The van der Waals surface area contributed by atoms with Gasteiger partial charge in [-0.25, -0.2) is 0 Å². The number of nitrogens with two attached hydrogens (primary N) is 1. The summed E-state index contributed by atoms with van der Waals surface area (Å²) in [6.45, 7) is 2.05. The average molecular weight is 329 g/mol. The van der Waals surface area contributed by atoms with Gasteiger partial charge in [-0.05, 0) is 30.2 Å². The minimum Gasteiger partial charge on any atom is -0.380 e. The van der Waals surface area contributed by atoms with Crippen molar-refractivity contribution in [1.82, 2.24) is 5.16 Å². The van der Waals surface area contributed by atoms with Crippen LogP contribution >= 0.6 is 15.9 Å². The zero-order valence-electron chi connectivity index (χ0n) is 10.9. The lowest BCUT2D eigenvalue weighted by molar-refractivity contribution is 0.436. The fourth-order valence-electron chi connectivity index (χ4n) is 2.25. The van der Waals surface area contributed by atoms with Crippen molar-refractivity contribution in [1.29, 1.82) is 0 Å². The fraction of sp³-hybridized carbons (Fsp3) is 0.0625. The summed E-state index contributed by atoms with van der Waals surface area (Å²) >= 11 is 3.54. The van der Waals surface area contributed by atoms with Gasteiger partial charge in [0, 0.05) is 10.0 Å². The molecule has 0 fully saturated rings. The van der Waals surface area contributed by atoms with E-state index in [9.17, 15) is 0 Å². The molecule has 0 aliphatic carbocycles. The van der Waals surface area contributed by atoms with Crippen LogP contribution in [0.1, 0.15) is 5.56 Å². The Morgan fingerprint density at radius 3 is 2.35 bits per heavy atom. The number of aromatic nitrogens is 1. The predicted octanol–water partition coefficient (Wildman–Crippen LogP) is 4.66. The van der Waals surface area contributed by atoms with Crippen LogP contribution in [0.2, 0.25) is 0 Å². The zero-order valence-corrected chi connectivity index (χ0v) is 12.5. The van der Waals surface area contributed by atoms with Gasteiger partial charge in [-0.15, -0.1) is 0 Å². The molecule has 0 atom stereocenters. The Bertz CT molecular complexity index is 765. The Morgan fingerprint density at radius 2 is 1.65 bits per heavy atom. The molecule has 0 unspecified atom stereocenters. The number of nitrogens with zero attached hydrogens (tertiary/aromatic N) is 1. The van der Waals surface area contributed by atoms with Crippen LogP contribution in [-0.4, -0.2) is 5.16 Å². The summed E-state index contributed by atoms with van der Waals surface area (Å²) in [4.78, 5) is 0. The number of benzene rings is 2. The van der Waals surface area contributed by atoms with Gasteiger partial charge in [0.05, 0.1) is 5.56 Å². The van der Waals surface area contributed by atoms with E-state index in [4.69, 9.17) is 10.3 Å². The summed E-state index contributed by atoms with van der Waals surface area (Å²) in [6.07, 6.45) is 0. The van der Waals surface area contributed by atoms with Gasteiger partial charge in [-0.3, -0.25) is 0 Å². The second-order valence-corrected chi connectivity index (χ2v) is 5.42. The average Bonchev–Trinajstić information content (AvgIpc) is 2.82. The number of anilines is 1. The molecule has 0 amide bonds. The van der Waals surface area contributed by atoms with E-state index in [1.165, 1.54) is 0 Å². The standard InChI is InChI=1S/C16H13BrN2O/c1-10-6-2-3-7-11(10)14-15(20-19-16(14)18)12-8-4-5-9-13(12)17/h2-9H,1H3,(H2,18,19). The molecule has 0 bridgehead atoms. The summed E-state index contributed by atoms with van der Waals surface area (Å²) in [6, 6.07) is 15.9. The van der Waals surface area contributed by atoms with Crippen LogP contribution in [0.4, 0.5) is 5.82 Å². The van der Waals surface area contributed by atoms with E-state index in [0.29, 0.717) is 11.6 Å². The van der Waals surface area contributed by atoms with Gasteiger partial charge in [0.15, 0.2) is 11.6 Å². The Balaban J connectivity index is 2.26. The lowest BCUT2D eigenvalue weighted by Gasteiger charge is -2.07. The zero-order chi connectivity index (χ0) is 14.1. The molecule has 0 spiro atoms. The topological polar surface area (TPSA) is 52.0 Å². The molecule has 1 aromatic heterocycles. The van der Waals surface area contributed by atoms with E-state index in [0.717, 1.165) is 26.7 Å². The normalized spacial score (nSPS) is 10.7. The summed E-state index contributed by atoms with van der Waals surface area (Å²) in [7, 11) is 0. The summed E-state index contributed by atoms with van der Waals surface area (Å²) in [5.41, 5.74) is 9.97. The minimum absolute atomic E-state index is 0.407. The van der Waals surface area contributed by atoms with E-state index in [2.05, 4.69) is 21.1 Å². The molecule has 3 nitrogen and oxygen atoms in total. The number of aryl methyl sites for hydroxylation is 1. The monoisotopic (exact) mass is 328 g/mol. The van der Waals surface area contributed by atoms with Crippen molar-refractivity contribution in [3.05, 3.63) is 58.6 Å². The maximum absolute atomic E-state index is 6.01. The Labute approximate surface area is 125 Å². The molecule has 3 rings (SSSR count). The van der Waals surface area contributed by atoms with Crippen molar-refractivity contribution in [2.75, 3.05) is 5.73 Å². The highest BCUT2D eigenvalue weighted by Gasteiger charge is 2.20. The fourth-order valence-corrected chi connectivity index (χ4v) is 2.71. The highest BCUT2D eigenvalue weighted by molar-refractivity contribution is 9.10. The van der Waals surface area contributed by atoms with Crippen LogP contribution < -0.4 is 5.73 Å². The lowest BCUT2D eigenvalue weighted by Crippen LogP contribution is -1.91. The molecule has 20 heavy (non-hydrogen) atoms. The van der Waals surface area contributed by atoms with Crippen molar-refractivity contribution in [3.8, 4) is 22.5 Å². The largest absolute Gasteiger partial charge is 0.380 e. The van der Waals surface area contributed by atoms with Gasteiger partial charge >= 0.3 is 0 Å². The molecule has 2 aromatic carbocycles. The highest BCUT2D eigenvalue weighted by Crippen LogP contribution is 2.40. The molecule has 1 heterocycles. The lowest BCUT2D eigenvalue weighted by atomic mass is 9.98. The first-order chi connectivity index (χ1) is 9.68. The smallest absolute Gasteiger partial charge is 0.178 e. The quantitative estimate of drug-likeness (QED) is 0.744. The molecule has 0 saturated carbocycles. The number of hydrogen-bond acceptors (Lipinski definition) is 3. The van der Waals surface area contributed by atoms with Gasteiger partial charge in [0.25, 0.3) is 0 Å². The SMILES string of the molecule is Cc1ccccc1-c1c(N)noc1-c1ccccc1Br. The third kappa shape index (κ3) is 2.12. The van der Waals surface area contributed by atoms with Crippen molar-refractivity contribution in [2.24, 2.45) is 0 Å². The second-order valence-electron chi connectivity index (χ2n) is 4.57. The molecule has 0 aliphatic heterocycles. The van der Waals surface area contributed by atoms with E-state index in [-0.39, 0.29) is 0 Å². The van der Waals surface area contributed by atoms with Gasteiger partial charge in [-0.1, -0.05) is 57.5 Å². The van der Waals surface area contributed by atoms with Crippen LogP contribution in [0.25, 0.3) is 22.5 Å². The molecular weight excluding hydrogens is 316 g/mol. The van der Waals surface area contributed by atoms with Crippen LogP contribution in [0.15, 0.2) is 57.5 Å². The van der Waals surface area contributed by atoms with E-state index in [1.54, 1.807) is 0 Å². The number of halogens is 1. The van der Waals surface area contributed by atoms with E-state index in [1.807, 2.05) is 55.5 Å². The van der Waals surface area contributed by atoms with Crippen LogP contribution in [-0.2, 0) is 0 Å². The number of nitrogen functional groups attached to an aromatic ring is 1. The molecule has 0 radical (unpaired) electrons. The van der Waals surface area contributed by atoms with Crippen molar-refractivity contribution < 1.29 is 4.52 Å². The van der Waals surface area contributed by atoms with Gasteiger partial charge < -0.3 is 10.3 Å². The van der Waals surface area contributed by atoms with E-state index < -0.39 is 0 Å². The third-order valence-corrected chi connectivity index (χ3v) is 3.94. The molecule has 2 N–H and O–H groups in total. The minimum atomic E-state index is 0.407. The summed E-state index contributed by atoms with van der Waals surface area (Å²) < 4.78 is 6.42. The molecule has 0 saturated heterocycles. The second kappa shape index (κ2) is 5.13. The predicted molar refractivity (Wildman–Crippen MR) is 84.2 cm³/mol. The van der Waals surface area contributed by atoms with Gasteiger partial charge in [-0.2, -0.15) is 0 Å². The molecule has 4 heteroatoms. The van der Waals surface area contributed by atoms with Crippen LogP contribution in [0.5, 0.6) is 0 Å². The number of rotatable bonds is 2. The number of hydrogen-bond donors (Lipinski definition) is 1. The first kappa shape index (κ1) is 12.9. The molecule has 0 aliphatic rings. The summed E-state index contributed by atoms with van der Waals surface area (Å²) in [5.74, 6) is 1.09. The molecule has 100 valence electrons. The third-order valence-electron chi connectivity index (χ3n) is 3.25. The van der Waals surface area contributed by atoms with Gasteiger partial charge in [0.1, 0.15) is 0 Å². The summed E-state index contributed by atoms with van der Waals surface area (Å²) in [5, 5.41) is 3.93. The molecular formula is C16H13BrN2O. The Morgan fingerprint density at radius 1 is 1.00 bits per heavy atom. The van der Waals surface area contributed by atoms with Crippen molar-refractivity contribution in [2.45, 2.75) is 6.92 Å². The maximum Gasteiger partial charge on any atom is 0.178 e. The van der Waals surface area contributed by atoms with E-state index >= 15 is 0 Å². The van der Waals surface area contributed by atoms with Gasteiger partial charge in [0.2, 0.25) is 0 Å². The maximum atomic E-state index is 6.01. The Kier molecular flexibility index (Phi) is 3.32. The highest BCUT2D eigenvalue weighted by atomic mass is 79.9. The van der Waals surface area contributed by atoms with Crippen molar-refractivity contribution >= 4 is 21.7 Å². The van der Waals surface area contributed by atoms with Crippen LogP contribution in [0, 0.1) is 6.92 Å². The first-order valence-electron chi connectivity index (χ1n) is 6.24. The Hall–Kier alpha value is -2.07. The first-order valence-corrected chi connectivity index (χ1v) is 7.04. The van der Waals surface area contributed by atoms with Crippen LogP contribution in [0.3, 0.4) is 0 Å². The molecule has 3 aromatic rings. The van der Waals surface area contributed by atoms with Crippen molar-refractivity contribution in [3.63, 3.8) is 0 Å².